The van der Waals surface area contributed by atoms with E-state index in [1.54, 1.807) is 24.4 Å². The molecule has 0 spiro atoms. The number of nitrogens with zero attached hydrogens (tertiary/aromatic N) is 2. The van der Waals surface area contributed by atoms with Crippen molar-refractivity contribution in [1.82, 2.24) is 9.97 Å². The van der Waals surface area contributed by atoms with Gasteiger partial charge in [0.15, 0.2) is 0 Å². The minimum Gasteiger partial charge on any atom is -0.507 e. The second-order valence-electron chi connectivity index (χ2n) is 7.21. The Balaban J connectivity index is 0.00000259. The molecule has 0 bridgehead atoms. The van der Waals surface area contributed by atoms with E-state index in [9.17, 15) is 5.11 Å². The first-order chi connectivity index (χ1) is 15.8. The van der Waals surface area contributed by atoms with Crippen LogP contribution in [-0.2, 0) is 21.1 Å². The van der Waals surface area contributed by atoms with Crippen LogP contribution < -0.4 is 4.74 Å². The molecule has 5 rings (SSSR count). The van der Waals surface area contributed by atoms with Gasteiger partial charge in [0.2, 0.25) is 5.88 Å². The number of aromatic nitrogens is 2. The minimum absolute atomic E-state index is 0. The molecule has 0 atom stereocenters. The van der Waals surface area contributed by atoms with Crippen molar-refractivity contribution >= 4 is 0 Å². The fraction of sp³-hybridized carbons (Fsp3) is 0. The topological polar surface area (TPSA) is 55.2 Å². The van der Waals surface area contributed by atoms with Crippen LogP contribution in [0, 0.1) is 6.07 Å². The van der Waals surface area contributed by atoms with Crippen LogP contribution in [0.3, 0.4) is 0 Å². The number of phenols is 1. The molecule has 4 nitrogen and oxygen atoms in total. The first kappa shape index (κ1) is 22.4. The number of ether oxygens (including phenoxy) is 1. The summed E-state index contributed by atoms with van der Waals surface area (Å²) in [5.74, 6) is 1.24. The summed E-state index contributed by atoms with van der Waals surface area (Å²) in [6.45, 7) is 0. The van der Waals surface area contributed by atoms with E-state index in [4.69, 9.17) is 9.72 Å². The van der Waals surface area contributed by atoms with Gasteiger partial charge >= 0.3 is 0 Å². The smallest absolute Gasteiger partial charge is 0.217 e. The van der Waals surface area contributed by atoms with E-state index in [1.807, 2.05) is 72.8 Å². The Labute approximate surface area is 206 Å². The van der Waals surface area contributed by atoms with Crippen molar-refractivity contribution < 1.29 is 30.9 Å². The molecule has 0 aliphatic rings. The van der Waals surface area contributed by atoms with E-state index in [1.165, 1.54) is 0 Å². The molecule has 3 aromatic carbocycles. The van der Waals surface area contributed by atoms with E-state index < -0.39 is 0 Å². The molecule has 5 heteroatoms. The summed E-state index contributed by atoms with van der Waals surface area (Å²) in [5, 5.41) is 10.4. The molecule has 0 aliphatic heterocycles. The van der Waals surface area contributed by atoms with E-state index in [-0.39, 0.29) is 26.8 Å². The maximum Gasteiger partial charge on any atom is 0.217 e. The molecule has 33 heavy (non-hydrogen) atoms. The monoisotopic (exact) mass is 610 g/mol. The molecular formula is C28H19N2O2Pt-. The van der Waals surface area contributed by atoms with Crippen LogP contribution in [0.1, 0.15) is 0 Å². The number of benzene rings is 3. The zero-order valence-electron chi connectivity index (χ0n) is 17.5. The van der Waals surface area contributed by atoms with Crippen LogP contribution in [0.5, 0.6) is 17.4 Å². The van der Waals surface area contributed by atoms with Crippen LogP contribution in [0.25, 0.3) is 33.6 Å². The normalized spacial score (nSPS) is 10.3. The third kappa shape index (κ3) is 5.19. The molecule has 0 saturated heterocycles. The Bertz CT molecular complexity index is 1360. The van der Waals surface area contributed by atoms with Gasteiger partial charge in [0.1, 0.15) is 5.75 Å². The average molecular weight is 611 g/mol. The number of para-hydroxylation sites is 1. The van der Waals surface area contributed by atoms with Gasteiger partial charge < -0.3 is 9.84 Å². The van der Waals surface area contributed by atoms with Crippen molar-refractivity contribution in [2.45, 2.75) is 0 Å². The maximum absolute atomic E-state index is 10.4. The van der Waals surface area contributed by atoms with Crippen LogP contribution >= 0.6 is 0 Å². The molecule has 0 saturated carbocycles. The van der Waals surface area contributed by atoms with Crippen molar-refractivity contribution in [3.05, 3.63) is 115 Å². The zero-order valence-corrected chi connectivity index (χ0v) is 19.7. The molecule has 0 unspecified atom stereocenters. The molecule has 0 fully saturated rings. The first-order valence-electron chi connectivity index (χ1n) is 10.2. The van der Waals surface area contributed by atoms with E-state index in [0.717, 1.165) is 22.4 Å². The van der Waals surface area contributed by atoms with Gasteiger partial charge in [-0.15, -0.1) is 23.8 Å². The van der Waals surface area contributed by atoms with Crippen LogP contribution in [-0.4, -0.2) is 15.1 Å². The summed E-state index contributed by atoms with van der Waals surface area (Å²) in [7, 11) is 0. The number of phenolic OH excluding ortho intramolecular Hbond substituents is 1. The Kier molecular flexibility index (Phi) is 6.97. The van der Waals surface area contributed by atoms with E-state index in [0.29, 0.717) is 22.9 Å². The number of hydrogen-bond donors (Lipinski definition) is 1. The molecule has 2 heterocycles. The number of hydrogen-bond acceptors (Lipinski definition) is 4. The Morgan fingerprint density at radius 3 is 2.24 bits per heavy atom. The van der Waals surface area contributed by atoms with Crippen molar-refractivity contribution in [1.29, 1.82) is 0 Å². The predicted octanol–water partition coefficient (Wildman–Crippen LogP) is 6.77. The van der Waals surface area contributed by atoms with Gasteiger partial charge in [-0.3, -0.25) is 4.98 Å². The van der Waals surface area contributed by atoms with Crippen molar-refractivity contribution in [3.63, 3.8) is 0 Å². The Hall–Kier alpha value is -3.75. The van der Waals surface area contributed by atoms with Gasteiger partial charge in [0.05, 0.1) is 5.69 Å². The first-order valence-corrected chi connectivity index (χ1v) is 10.2. The van der Waals surface area contributed by atoms with E-state index >= 15 is 0 Å². The molecule has 164 valence electrons. The molecule has 5 aromatic rings. The third-order valence-electron chi connectivity index (χ3n) is 5.01. The van der Waals surface area contributed by atoms with Crippen LogP contribution in [0.15, 0.2) is 109 Å². The summed E-state index contributed by atoms with van der Waals surface area (Å²) < 4.78 is 5.85. The van der Waals surface area contributed by atoms with Gasteiger partial charge in [-0.25, -0.2) is 4.98 Å². The fourth-order valence-corrected chi connectivity index (χ4v) is 3.47. The standard InChI is InChI=1S/C28H19N2O2.Pt/c31-27-14-5-4-13-24(27)26-19-22(20-9-2-1-3-10-20)18-25(30-26)21-11-8-12-23(17-21)32-28-15-6-7-16-29-28;/h1-16,18-19,31H;/q-1;. The van der Waals surface area contributed by atoms with Crippen molar-refractivity contribution in [2.75, 3.05) is 0 Å². The van der Waals surface area contributed by atoms with Gasteiger partial charge in [-0.05, 0) is 41.1 Å². The van der Waals surface area contributed by atoms with Crippen molar-refractivity contribution in [2.24, 2.45) is 0 Å². The summed E-state index contributed by atoms with van der Waals surface area (Å²) in [6.07, 6.45) is 1.68. The fourth-order valence-electron chi connectivity index (χ4n) is 3.47. The SMILES string of the molecule is Oc1ccccc1-c1cc(-c2ccccc2)cc(-c2[c-]c(Oc3ccccn3)ccc2)n1.[Pt]. The summed E-state index contributed by atoms with van der Waals surface area (Å²) in [5.41, 5.74) is 4.94. The third-order valence-corrected chi connectivity index (χ3v) is 5.01. The Morgan fingerprint density at radius 2 is 1.45 bits per heavy atom. The van der Waals surface area contributed by atoms with Gasteiger partial charge in [-0.2, -0.15) is 0 Å². The second kappa shape index (κ2) is 10.2. The molecule has 0 radical (unpaired) electrons. The molecule has 0 aliphatic carbocycles. The minimum atomic E-state index is 0. The summed E-state index contributed by atoms with van der Waals surface area (Å²) in [4.78, 5) is 9.05. The molecule has 1 N–H and O–H groups in total. The summed E-state index contributed by atoms with van der Waals surface area (Å²) in [6, 6.07) is 35.8. The van der Waals surface area contributed by atoms with Crippen LogP contribution in [0.2, 0.25) is 0 Å². The van der Waals surface area contributed by atoms with Crippen molar-refractivity contribution in [3.8, 4) is 51.0 Å². The molecule has 2 aromatic heterocycles. The van der Waals surface area contributed by atoms with Gasteiger partial charge in [0, 0.05) is 44.6 Å². The number of rotatable bonds is 5. The molecule has 0 amide bonds. The summed E-state index contributed by atoms with van der Waals surface area (Å²) >= 11 is 0. The quantitative estimate of drug-likeness (QED) is 0.223. The van der Waals surface area contributed by atoms with E-state index in [2.05, 4.69) is 23.2 Å². The second-order valence-corrected chi connectivity index (χ2v) is 7.21. The van der Waals surface area contributed by atoms with Gasteiger partial charge in [0.25, 0.3) is 0 Å². The maximum atomic E-state index is 10.4. The Morgan fingerprint density at radius 1 is 0.697 bits per heavy atom. The van der Waals surface area contributed by atoms with Crippen LogP contribution in [0.4, 0.5) is 0 Å². The average Bonchev–Trinajstić information content (AvgIpc) is 2.85. The number of pyridine rings is 2. The predicted molar refractivity (Wildman–Crippen MR) is 125 cm³/mol. The van der Waals surface area contributed by atoms with Gasteiger partial charge in [-0.1, -0.05) is 60.7 Å². The largest absolute Gasteiger partial charge is 0.507 e. The number of aromatic hydroxyl groups is 1. The zero-order chi connectivity index (χ0) is 21.8. The molecular weight excluding hydrogens is 591 g/mol.